The maximum Gasteiger partial charge on any atom is 0.0979 e. The molecule has 0 saturated carbocycles. The first-order valence-electron chi connectivity index (χ1n) is 4.72. The molecule has 2 aromatic rings. The van der Waals surface area contributed by atoms with Crippen molar-refractivity contribution in [1.29, 1.82) is 0 Å². The highest BCUT2D eigenvalue weighted by Gasteiger charge is 2.06. The van der Waals surface area contributed by atoms with Crippen molar-refractivity contribution in [3.63, 3.8) is 0 Å². The van der Waals surface area contributed by atoms with Crippen molar-refractivity contribution in [3.05, 3.63) is 38.5 Å². The highest BCUT2D eigenvalue weighted by molar-refractivity contribution is 7.12. The van der Waals surface area contributed by atoms with Crippen LogP contribution in [0.25, 0.3) is 0 Å². The second-order valence-corrected chi connectivity index (χ2v) is 5.75. The molecule has 14 heavy (non-hydrogen) atoms. The van der Waals surface area contributed by atoms with E-state index in [2.05, 4.69) is 36.3 Å². The normalized spacial score (nSPS) is 11.1. The Morgan fingerprint density at radius 1 is 1.43 bits per heavy atom. The molecule has 3 heteroatoms. The summed E-state index contributed by atoms with van der Waals surface area (Å²) in [5.41, 5.74) is 0. The van der Waals surface area contributed by atoms with E-state index in [1.165, 1.54) is 14.8 Å². The number of aromatic nitrogens is 1. The van der Waals surface area contributed by atoms with Crippen LogP contribution in [0.5, 0.6) is 0 Å². The van der Waals surface area contributed by atoms with E-state index in [9.17, 15) is 0 Å². The monoisotopic (exact) mass is 223 g/mol. The molecule has 0 radical (unpaired) electrons. The van der Waals surface area contributed by atoms with E-state index in [-0.39, 0.29) is 0 Å². The lowest BCUT2D eigenvalue weighted by Gasteiger charge is -1.96. The van der Waals surface area contributed by atoms with Crippen LogP contribution in [0.1, 0.15) is 34.5 Å². The summed E-state index contributed by atoms with van der Waals surface area (Å²) in [6.45, 7) is 4.42. The second kappa shape index (κ2) is 4.24. The highest BCUT2D eigenvalue weighted by Crippen LogP contribution is 2.24. The molecule has 2 heterocycles. The Balaban J connectivity index is 2.11. The van der Waals surface area contributed by atoms with Gasteiger partial charge in [0, 0.05) is 22.4 Å². The molecule has 0 aromatic carbocycles. The molecule has 0 aliphatic heterocycles. The van der Waals surface area contributed by atoms with E-state index in [4.69, 9.17) is 0 Å². The first-order valence-corrected chi connectivity index (χ1v) is 6.42. The van der Waals surface area contributed by atoms with Crippen molar-refractivity contribution < 1.29 is 0 Å². The average Bonchev–Trinajstić information content (AvgIpc) is 2.75. The Bertz CT molecular complexity index is 387. The van der Waals surface area contributed by atoms with Gasteiger partial charge in [0.1, 0.15) is 0 Å². The number of nitrogens with zero attached hydrogens (tertiary/aromatic N) is 1. The molecule has 0 aliphatic rings. The number of hydrogen-bond donors (Lipinski definition) is 0. The number of rotatable bonds is 3. The van der Waals surface area contributed by atoms with Gasteiger partial charge < -0.3 is 0 Å². The Hall–Kier alpha value is -0.670. The minimum absolute atomic E-state index is 0.601. The van der Waals surface area contributed by atoms with Crippen molar-refractivity contribution in [2.75, 3.05) is 0 Å². The zero-order valence-electron chi connectivity index (χ0n) is 8.36. The molecule has 74 valence electrons. The van der Waals surface area contributed by atoms with Crippen LogP contribution in [0.15, 0.2) is 23.7 Å². The molecular weight excluding hydrogens is 210 g/mol. The molecule has 2 aromatic heterocycles. The molecular formula is C11H13NS2. The highest BCUT2D eigenvalue weighted by atomic mass is 32.1. The van der Waals surface area contributed by atoms with Gasteiger partial charge in [-0.25, -0.2) is 4.98 Å². The van der Waals surface area contributed by atoms with Gasteiger partial charge in [-0.2, -0.15) is 0 Å². The summed E-state index contributed by atoms with van der Waals surface area (Å²) in [5.74, 6) is 0.601. The Morgan fingerprint density at radius 2 is 2.29 bits per heavy atom. The van der Waals surface area contributed by atoms with Crippen LogP contribution >= 0.6 is 22.7 Å². The first-order chi connectivity index (χ1) is 6.75. The van der Waals surface area contributed by atoms with Crippen LogP contribution in [0.3, 0.4) is 0 Å². The van der Waals surface area contributed by atoms with Gasteiger partial charge in [0.15, 0.2) is 0 Å². The van der Waals surface area contributed by atoms with Gasteiger partial charge in [-0.3, -0.25) is 0 Å². The van der Waals surface area contributed by atoms with E-state index in [1.807, 2.05) is 17.5 Å². The summed E-state index contributed by atoms with van der Waals surface area (Å²) in [5, 5.41) is 3.35. The van der Waals surface area contributed by atoms with Gasteiger partial charge in [0.2, 0.25) is 0 Å². The number of hydrogen-bond acceptors (Lipinski definition) is 3. The van der Waals surface area contributed by atoms with E-state index >= 15 is 0 Å². The van der Waals surface area contributed by atoms with E-state index < -0.39 is 0 Å². The summed E-state index contributed by atoms with van der Waals surface area (Å²) < 4.78 is 0. The quantitative estimate of drug-likeness (QED) is 0.768. The third kappa shape index (κ3) is 2.22. The molecule has 1 nitrogen and oxygen atoms in total. The standard InChI is InChI=1S/C11H13NS2/c1-8(2)10-7-12-11(14-10)6-9-4-3-5-13-9/h3-5,7-8H,6H2,1-2H3. The van der Waals surface area contributed by atoms with Gasteiger partial charge in [-0.1, -0.05) is 19.9 Å². The largest absolute Gasteiger partial charge is 0.249 e. The maximum atomic E-state index is 4.44. The van der Waals surface area contributed by atoms with Gasteiger partial charge in [0.05, 0.1) is 5.01 Å². The number of thiazole rings is 1. The van der Waals surface area contributed by atoms with Gasteiger partial charge in [-0.05, 0) is 17.4 Å². The molecule has 0 unspecified atom stereocenters. The Kier molecular flexibility index (Phi) is 2.99. The van der Waals surface area contributed by atoms with Gasteiger partial charge in [-0.15, -0.1) is 22.7 Å². The van der Waals surface area contributed by atoms with Gasteiger partial charge >= 0.3 is 0 Å². The summed E-state index contributed by atoms with van der Waals surface area (Å²) in [6, 6.07) is 4.26. The Morgan fingerprint density at radius 3 is 2.86 bits per heavy atom. The minimum atomic E-state index is 0.601. The topological polar surface area (TPSA) is 12.9 Å². The van der Waals surface area contributed by atoms with Crippen LogP contribution < -0.4 is 0 Å². The molecule has 0 N–H and O–H groups in total. The molecule has 0 fully saturated rings. The van der Waals surface area contributed by atoms with Crippen LogP contribution in [0, 0.1) is 0 Å². The van der Waals surface area contributed by atoms with Crippen molar-refractivity contribution in [3.8, 4) is 0 Å². The molecule has 0 atom stereocenters. The molecule has 0 aliphatic carbocycles. The first kappa shape index (κ1) is 9.87. The fourth-order valence-electron chi connectivity index (χ4n) is 1.24. The van der Waals surface area contributed by atoms with Gasteiger partial charge in [0.25, 0.3) is 0 Å². The lowest BCUT2D eigenvalue weighted by atomic mass is 10.2. The minimum Gasteiger partial charge on any atom is -0.249 e. The third-order valence-corrected chi connectivity index (χ3v) is 4.22. The molecule has 0 amide bonds. The maximum absolute atomic E-state index is 4.44. The van der Waals surface area contributed by atoms with Crippen LogP contribution in [0.2, 0.25) is 0 Å². The average molecular weight is 223 g/mol. The summed E-state index contributed by atoms with van der Waals surface area (Å²) in [4.78, 5) is 7.22. The summed E-state index contributed by atoms with van der Waals surface area (Å²) in [6.07, 6.45) is 3.01. The SMILES string of the molecule is CC(C)c1cnc(Cc2cccs2)s1. The lowest BCUT2D eigenvalue weighted by molar-refractivity contribution is 0.885. The predicted octanol–water partition coefficient (Wildman–Crippen LogP) is 3.92. The lowest BCUT2D eigenvalue weighted by Crippen LogP contribution is -1.80. The van der Waals surface area contributed by atoms with Crippen molar-refractivity contribution in [2.45, 2.75) is 26.2 Å². The van der Waals surface area contributed by atoms with Crippen molar-refractivity contribution in [1.82, 2.24) is 4.98 Å². The second-order valence-electron chi connectivity index (χ2n) is 3.57. The summed E-state index contributed by atoms with van der Waals surface area (Å²) in [7, 11) is 0. The molecule has 0 saturated heterocycles. The Labute approximate surface area is 92.4 Å². The van der Waals surface area contributed by atoms with E-state index in [1.54, 1.807) is 11.3 Å². The van der Waals surface area contributed by atoms with Crippen molar-refractivity contribution in [2.24, 2.45) is 0 Å². The van der Waals surface area contributed by atoms with Crippen LogP contribution in [-0.4, -0.2) is 4.98 Å². The zero-order chi connectivity index (χ0) is 9.97. The predicted molar refractivity (Wildman–Crippen MR) is 63.3 cm³/mol. The van der Waals surface area contributed by atoms with E-state index in [0.717, 1.165) is 6.42 Å². The number of thiophene rings is 1. The zero-order valence-corrected chi connectivity index (χ0v) is 9.99. The third-order valence-electron chi connectivity index (χ3n) is 2.05. The molecule has 0 spiro atoms. The molecule has 2 rings (SSSR count). The van der Waals surface area contributed by atoms with Crippen molar-refractivity contribution >= 4 is 22.7 Å². The fourth-order valence-corrected chi connectivity index (χ4v) is 2.98. The summed E-state index contributed by atoms with van der Waals surface area (Å²) >= 11 is 3.64. The van der Waals surface area contributed by atoms with Crippen LogP contribution in [0.4, 0.5) is 0 Å². The van der Waals surface area contributed by atoms with E-state index in [0.29, 0.717) is 5.92 Å². The molecule has 0 bridgehead atoms. The smallest absolute Gasteiger partial charge is 0.0979 e. The fraction of sp³-hybridized carbons (Fsp3) is 0.364. The van der Waals surface area contributed by atoms with Crippen LogP contribution in [-0.2, 0) is 6.42 Å².